The second-order valence-corrected chi connectivity index (χ2v) is 5.14. The van der Waals surface area contributed by atoms with E-state index >= 15 is 0 Å². The quantitative estimate of drug-likeness (QED) is 0.713. The highest BCUT2D eigenvalue weighted by molar-refractivity contribution is 4.87. The number of rotatable bonds is 5. The van der Waals surface area contributed by atoms with E-state index in [0.29, 0.717) is 12.0 Å². The van der Waals surface area contributed by atoms with Gasteiger partial charge >= 0.3 is 0 Å². The van der Waals surface area contributed by atoms with Crippen molar-refractivity contribution in [1.29, 1.82) is 0 Å². The Labute approximate surface area is 93.0 Å². The maximum absolute atomic E-state index is 5.52. The van der Waals surface area contributed by atoms with Crippen LogP contribution in [0.2, 0.25) is 0 Å². The van der Waals surface area contributed by atoms with Gasteiger partial charge in [0.25, 0.3) is 0 Å². The minimum absolute atomic E-state index is 0.569. The predicted molar refractivity (Wildman–Crippen MR) is 62.0 cm³/mol. The van der Waals surface area contributed by atoms with Gasteiger partial charge in [-0.25, -0.2) is 0 Å². The number of hydrogen-bond acceptors (Lipinski definition) is 3. The zero-order chi connectivity index (χ0) is 10.7. The molecule has 2 rings (SSSR count). The lowest BCUT2D eigenvalue weighted by molar-refractivity contribution is 0.177. The minimum Gasteiger partial charge on any atom is -0.379 e. The van der Waals surface area contributed by atoms with Crippen LogP contribution in [0.1, 0.15) is 26.7 Å². The first-order chi connectivity index (χ1) is 7.29. The van der Waals surface area contributed by atoms with E-state index in [-0.39, 0.29) is 0 Å². The Morgan fingerprint density at radius 1 is 1.20 bits per heavy atom. The van der Waals surface area contributed by atoms with Crippen LogP contribution in [0.3, 0.4) is 0 Å². The standard InChI is InChI=1S/C12H24N2O/c1-3-13-12-8-15-7-10(12)6-14-11-4-9(2)5-11/h9-14H,3-8H2,1-2H3. The van der Waals surface area contributed by atoms with E-state index in [1.54, 1.807) is 0 Å². The molecule has 0 spiro atoms. The smallest absolute Gasteiger partial charge is 0.0623 e. The summed E-state index contributed by atoms with van der Waals surface area (Å²) in [6, 6.07) is 1.35. The fraction of sp³-hybridized carbons (Fsp3) is 1.00. The molecular weight excluding hydrogens is 188 g/mol. The molecule has 0 radical (unpaired) electrons. The van der Waals surface area contributed by atoms with Crippen molar-refractivity contribution in [3.8, 4) is 0 Å². The normalized spacial score (nSPS) is 40.4. The Hall–Kier alpha value is -0.120. The zero-order valence-corrected chi connectivity index (χ0v) is 9.96. The lowest BCUT2D eigenvalue weighted by Gasteiger charge is -2.34. The van der Waals surface area contributed by atoms with Crippen LogP contribution in [0.15, 0.2) is 0 Å². The molecule has 1 saturated heterocycles. The van der Waals surface area contributed by atoms with E-state index in [0.717, 1.165) is 38.3 Å². The van der Waals surface area contributed by atoms with E-state index in [9.17, 15) is 0 Å². The highest BCUT2D eigenvalue weighted by atomic mass is 16.5. The molecule has 2 fully saturated rings. The summed E-state index contributed by atoms with van der Waals surface area (Å²) >= 11 is 0. The second-order valence-electron chi connectivity index (χ2n) is 5.14. The monoisotopic (exact) mass is 212 g/mol. The average molecular weight is 212 g/mol. The third-order valence-corrected chi connectivity index (χ3v) is 3.71. The Balaban J connectivity index is 1.65. The first-order valence-electron chi connectivity index (χ1n) is 6.34. The fourth-order valence-corrected chi connectivity index (χ4v) is 2.67. The topological polar surface area (TPSA) is 33.3 Å². The van der Waals surface area contributed by atoms with Gasteiger partial charge in [0.2, 0.25) is 0 Å². The van der Waals surface area contributed by atoms with Crippen molar-refractivity contribution in [2.24, 2.45) is 11.8 Å². The van der Waals surface area contributed by atoms with Gasteiger partial charge in [-0.3, -0.25) is 0 Å². The van der Waals surface area contributed by atoms with Gasteiger partial charge in [-0.2, -0.15) is 0 Å². The number of likely N-dealkylation sites (N-methyl/N-ethyl adjacent to an activating group) is 1. The van der Waals surface area contributed by atoms with Gasteiger partial charge in [-0.1, -0.05) is 13.8 Å². The molecule has 2 atom stereocenters. The van der Waals surface area contributed by atoms with Crippen molar-refractivity contribution in [3.05, 3.63) is 0 Å². The first-order valence-corrected chi connectivity index (χ1v) is 6.34. The maximum atomic E-state index is 5.52. The molecule has 0 aromatic carbocycles. The molecule has 15 heavy (non-hydrogen) atoms. The average Bonchev–Trinajstić information content (AvgIpc) is 2.59. The van der Waals surface area contributed by atoms with Crippen LogP contribution in [0.25, 0.3) is 0 Å². The van der Waals surface area contributed by atoms with Crippen LogP contribution in [-0.4, -0.2) is 38.4 Å². The lowest BCUT2D eigenvalue weighted by atomic mass is 9.81. The molecule has 2 unspecified atom stereocenters. The lowest BCUT2D eigenvalue weighted by Crippen LogP contribution is -2.46. The molecule has 1 aliphatic carbocycles. The summed E-state index contributed by atoms with van der Waals surface area (Å²) in [6.07, 6.45) is 2.72. The molecule has 0 bridgehead atoms. The second kappa shape index (κ2) is 5.28. The maximum Gasteiger partial charge on any atom is 0.0623 e. The van der Waals surface area contributed by atoms with E-state index in [2.05, 4.69) is 24.5 Å². The summed E-state index contributed by atoms with van der Waals surface area (Å²) in [6.45, 7) is 8.48. The highest BCUT2D eigenvalue weighted by Gasteiger charge is 2.30. The number of ether oxygens (including phenoxy) is 1. The number of hydrogen-bond donors (Lipinski definition) is 2. The molecule has 2 aliphatic rings. The van der Waals surface area contributed by atoms with Gasteiger partial charge in [-0.05, 0) is 25.3 Å². The SMILES string of the molecule is CCNC1COCC1CNC1CC(C)C1. The third kappa shape index (κ3) is 2.92. The van der Waals surface area contributed by atoms with Crippen molar-refractivity contribution in [2.75, 3.05) is 26.3 Å². The summed E-state index contributed by atoms with van der Waals surface area (Å²) < 4.78 is 5.52. The molecule has 0 amide bonds. The molecule has 3 nitrogen and oxygen atoms in total. The van der Waals surface area contributed by atoms with Crippen LogP contribution >= 0.6 is 0 Å². The number of nitrogens with one attached hydrogen (secondary N) is 2. The Morgan fingerprint density at radius 2 is 2.00 bits per heavy atom. The van der Waals surface area contributed by atoms with Crippen LogP contribution in [0.4, 0.5) is 0 Å². The van der Waals surface area contributed by atoms with Gasteiger partial charge in [0.1, 0.15) is 0 Å². The Kier molecular flexibility index (Phi) is 4.00. The molecular formula is C12H24N2O. The first kappa shape index (κ1) is 11.4. The third-order valence-electron chi connectivity index (χ3n) is 3.71. The summed E-state index contributed by atoms with van der Waals surface area (Å²) in [7, 11) is 0. The molecule has 1 saturated carbocycles. The van der Waals surface area contributed by atoms with Crippen LogP contribution < -0.4 is 10.6 Å². The molecule has 88 valence electrons. The Morgan fingerprint density at radius 3 is 2.67 bits per heavy atom. The zero-order valence-electron chi connectivity index (χ0n) is 9.96. The van der Waals surface area contributed by atoms with Crippen molar-refractivity contribution >= 4 is 0 Å². The predicted octanol–water partition coefficient (Wildman–Crippen LogP) is 0.999. The van der Waals surface area contributed by atoms with E-state index in [1.165, 1.54) is 12.8 Å². The van der Waals surface area contributed by atoms with Gasteiger partial charge < -0.3 is 15.4 Å². The molecule has 2 N–H and O–H groups in total. The van der Waals surface area contributed by atoms with Crippen molar-refractivity contribution in [1.82, 2.24) is 10.6 Å². The van der Waals surface area contributed by atoms with Crippen molar-refractivity contribution in [2.45, 2.75) is 38.8 Å². The van der Waals surface area contributed by atoms with Crippen LogP contribution in [-0.2, 0) is 4.74 Å². The van der Waals surface area contributed by atoms with Crippen LogP contribution in [0, 0.1) is 11.8 Å². The molecule has 0 aromatic heterocycles. The summed E-state index contributed by atoms with van der Waals surface area (Å²) in [5, 5.41) is 7.16. The largest absolute Gasteiger partial charge is 0.379 e. The minimum atomic E-state index is 0.569. The van der Waals surface area contributed by atoms with Gasteiger partial charge in [0.05, 0.1) is 13.2 Å². The highest BCUT2D eigenvalue weighted by Crippen LogP contribution is 2.26. The molecule has 0 aromatic rings. The molecule has 1 aliphatic heterocycles. The Bertz CT molecular complexity index is 192. The van der Waals surface area contributed by atoms with Crippen LogP contribution in [0.5, 0.6) is 0 Å². The summed E-state index contributed by atoms with van der Waals surface area (Å²) in [4.78, 5) is 0. The van der Waals surface area contributed by atoms with E-state index in [1.807, 2.05) is 0 Å². The van der Waals surface area contributed by atoms with E-state index in [4.69, 9.17) is 4.74 Å². The van der Waals surface area contributed by atoms with E-state index < -0.39 is 0 Å². The van der Waals surface area contributed by atoms with Crippen molar-refractivity contribution in [3.63, 3.8) is 0 Å². The van der Waals surface area contributed by atoms with Gasteiger partial charge in [0.15, 0.2) is 0 Å². The summed E-state index contributed by atoms with van der Waals surface area (Å²) in [5.41, 5.74) is 0. The molecule has 1 heterocycles. The van der Waals surface area contributed by atoms with Gasteiger partial charge in [-0.15, -0.1) is 0 Å². The van der Waals surface area contributed by atoms with Crippen molar-refractivity contribution < 1.29 is 4.74 Å². The summed E-state index contributed by atoms with van der Waals surface area (Å²) in [5.74, 6) is 1.60. The molecule has 3 heteroatoms. The van der Waals surface area contributed by atoms with Gasteiger partial charge in [0, 0.05) is 24.5 Å². The fourth-order valence-electron chi connectivity index (χ4n) is 2.67.